The third kappa shape index (κ3) is 4.30. The molecule has 2 amide bonds. The second-order valence-electron chi connectivity index (χ2n) is 8.25. The summed E-state index contributed by atoms with van der Waals surface area (Å²) in [7, 11) is 0. The molecule has 4 rings (SSSR count). The number of benzene rings is 1. The zero-order valence-electron chi connectivity index (χ0n) is 17.4. The number of amides is 2. The van der Waals surface area contributed by atoms with E-state index in [4.69, 9.17) is 0 Å². The van der Waals surface area contributed by atoms with Crippen molar-refractivity contribution < 1.29 is 9.59 Å². The van der Waals surface area contributed by atoms with Crippen molar-refractivity contribution in [1.82, 2.24) is 14.8 Å². The second-order valence-corrected chi connectivity index (χ2v) is 8.25. The third-order valence-corrected chi connectivity index (χ3v) is 6.27. The third-order valence-electron chi connectivity index (χ3n) is 6.27. The van der Waals surface area contributed by atoms with Crippen LogP contribution in [0.4, 0.5) is 0 Å². The van der Waals surface area contributed by atoms with Gasteiger partial charge in [-0.2, -0.15) is 0 Å². The monoisotopic (exact) mass is 403 g/mol. The average Bonchev–Trinajstić information content (AvgIpc) is 3.32. The number of hydrogen-bond acceptors (Lipinski definition) is 3. The predicted octanol–water partition coefficient (Wildman–Crippen LogP) is 3.71. The lowest BCUT2D eigenvalue weighted by Gasteiger charge is -2.41. The van der Waals surface area contributed by atoms with Crippen molar-refractivity contribution in [2.45, 2.75) is 38.1 Å². The molecule has 0 unspecified atom stereocenters. The number of hydrogen-bond donors (Lipinski definition) is 0. The lowest BCUT2D eigenvalue weighted by atomic mass is 9.96. The van der Waals surface area contributed by atoms with Crippen LogP contribution in [0.2, 0.25) is 0 Å². The van der Waals surface area contributed by atoms with Crippen LogP contribution >= 0.6 is 0 Å². The van der Waals surface area contributed by atoms with Gasteiger partial charge in [0.1, 0.15) is 6.04 Å². The highest BCUT2D eigenvalue weighted by Crippen LogP contribution is 2.29. The van der Waals surface area contributed by atoms with Gasteiger partial charge in [0.15, 0.2) is 0 Å². The summed E-state index contributed by atoms with van der Waals surface area (Å²) in [5, 5.41) is 0. The molecule has 2 fully saturated rings. The van der Waals surface area contributed by atoms with Crippen molar-refractivity contribution in [2.24, 2.45) is 5.92 Å². The highest BCUT2D eigenvalue weighted by atomic mass is 16.2. The molecule has 5 heteroatoms. The van der Waals surface area contributed by atoms with Crippen LogP contribution < -0.4 is 0 Å². The van der Waals surface area contributed by atoms with E-state index in [0.29, 0.717) is 26.1 Å². The smallest absolute Gasteiger partial charge is 0.246 e. The summed E-state index contributed by atoms with van der Waals surface area (Å²) < 4.78 is 0. The van der Waals surface area contributed by atoms with Crippen molar-refractivity contribution >= 4 is 11.8 Å². The number of carbonyl (C=O) groups excluding carboxylic acids is 2. The van der Waals surface area contributed by atoms with E-state index in [2.05, 4.69) is 23.7 Å². The van der Waals surface area contributed by atoms with Crippen LogP contribution in [-0.4, -0.2) is 52.3 Å². The molecule has 2 heterocycles. The van der Waals surface area contributed by atoms with Gasteiger partial charge in [-0.3, -0.25) is 14.6 Å². The first-order valence-electron chi connectivity index (χ1n) is 10.9. The van der Waals surface area contributed by atoms with Gasteiger partial charge in [0.25, 0.3) is 0 Å². The Balaban J connectivity index is 1.59. The van der Waals surface area contributed by atoms with E-state index in [0.717, 1.165) is 42.4 Å². The SMILES string of the molecule is C=CCN1CCN(C(=O)C2CCCC2)[C@@H](Cc2cccc(-c3cccnc3)c2)C1=O. The number of aromatic nitrogens is 1. The zero-order valence-corrected chi connectivity index (χ0v) is 17.4. The van der Waals surface area contributed by atoms with Crippen LogP contribution in [-0.2, 0) is 16.0 Å². The van der Waals surface area contributed by atoms with Crippen LogP contribution in [0.1, 0.15) is 31.2 Å². The van der Waals surface area contributed by atoms with Gasteiger partial charge in [-0.05, 0) is 35.6 Å². The van der Waals surface area contributed by atoms with Gasteiger partial charge >= 0.3 is 0 Å². The summed E-state index contributed by atoms with van der Waals surface area (Å²) in [6.45, 7) is 5.48. The predicted molar refractivity (Wildman–Crippen MR) is 118 cm³/mol. The Morgan fingerprint density at radius 1 is 1.13 bits per heavy atom. The standard InChI is InChI=1S/C25H29N3O2/c1-2-13-27-14-15-28(24(29)20-8-3-4-9-20)23(25(27)30)17-19-7-5-10-21(16-19)22-11-6-12-26-18-22/h2,5-7,10-12,16,18,20,23H,1,3-4,8-9,13-15,17H2/t23-/m0/s1. The molecular weight excluding hydrogens is 374 g/mol. The van der Waals surface area contributed by atoms with E-state index in [1.54, 1.807) is 12.3 Å². The molecule has 1 aromatic heterocycles. The van der Waals surface area contributed by atoms with Gasteiger partial charge in [0, 0.05) is 44.4 Å². The van der Waals surface area contributed by atoms with E-state index in [9.17, 15) is 9.59 Å². The Morgan fingerprint density at radius 3 is 2.67 bits per heavy atom. The molecule has 30 heavy (non-hydrogen) atoms. The summed E-state index contributed by atoms with van der Waals surface area (Å²) in [5.74, 6) is 0.264. The van der Waals surface area contributed by atoms with E-state index in [1.165, 1.54) is 0 Å². The molecule has 0 radical (unpaired) electrons. The first kappa shape index (κ1) is 20.3. The summed E-state index contributed by atoms with van der Waals surface area (Å²) >= 11 is 0. The summed E-state index contributed by atoms with van der Waals surface area (Å²) in [4.78, 5) is 34.4. The van der Waals surface area contributed by atoms with Gasteiger partial charge in [-0.25, -0.2) is 0 Å². The average molecular weight is 404 g/mol. The molecule has 1 atom stereocenters. The normalized spacial score (nSPS) is 19.9. The minimum absolute atomic E-state index is 0.0271. The Hall–Kier alpha value is -2.95. The Kier molecular flexibility index (Phi) is 6.26. The van der Waals surface area contributed by atoms with Gasteiger partial charge in [0.05, 0.1) is 0 Å². The second kappa shape index (κ2) is 9.24. The maximum Gasteiger partial charge on any atom is 0.246 e. The summed E-state index contributed by atoms with van der Waals surface area (Å²) in [5.41, 5.74) is 3.17. The zero-order chi connectivity index (χ0) is 20.9. The van der Waals surface area contributed by atoms with E-state index in [1.807, 2.05) is 40.3 Å². The minimum atomic E-state index is -0.448. The van der Waals surface area contributed by atoms with Gasteiger partial charge in [0.2, 0.25) is 11.8 Å². The van der Waals surface area contributed by atoms with E-state index < -0.39 is 6.04 Å². The largest absolute Gasteiger partial charge is 0.335 e. The Morgan fingerprint density at radius 2 is 1.93 bits per heavy atom. The fourth-order valence-electron chi connectivity index (χ4n) is 4.68. The quantitative estimate of drug-likeness (QED) is 0.691. The van der Waals surface area contributed by atoms with Crippen LogP contribution in [0.3, 0.4) is 0 Å². The molecule has 1 saturated carbocycles. The minimum Gasteiger partial charge on any atom is -0.335 e. The van der Waals surface area contributed by atoms with Crippen LogP contribution in [0.5, 0.6) is 0 Å². The molecule has 1 aromatic carbocycles. The summed E-state index contributed by atoms with van der Waals surface area (Å²) in [6, 6.07) is 11.7. The Labute approximate surface area is 178 Å². The molecule has 1 aliphatic heterocycles. The number of carbonyl (C=O) groups is 2. The van der Waals surface area contributed by atoms with Crippen LogP contribution in [0.25, 0.3) is 11.1 Å². The molecule has 156 valence electrons. The van der Waals surface area contributed by atoms with Crippen molar-refractivity contribution in [3.05, 3.63) is 67.0 Å². The maximum absolute atomic E-state index is 13.3. The van der Waals surface area contributed by atoms with E-state index >= 15 is 0 Å². The topological polar surface area (TPSA) is 53.5 Å². The van der Waals surface area contributed by atoms with Crippen molar-refractivity contribution in [2.75, 3.05) is 19.6 Å². The van der Waals surface area contributed by atoms with Gasteiger partial charge < -0.3 is 9.80 Å². The van der Waals surface area contributed by atoms with Crippen LogP contribution in [0.15, 0.2) is 61.4 Å². The molecule has 0 spiro atoms. The lowest BCUT2D eigenvalue weighted by Crippen LogP contribution is -2.60. The van der Waals surface area contributed by atoms with Crippen molar-refractivity contribution in [1.29, 1.82) is 0 Å². The fraction of sp³-hybridized carbons (Fsp3) is 0.400. The maximum atomic E-state index is 13.3. The van der Waals surface area contributed by atoms with Crippen molar-refractivity contribution in [3.63, 3.8) is 0 Å². The highest BCUT2D eigenvalue weighted by Gasteiger charge is 2.39. The summed E-state index contributed by atoms with van der Waals surface area (Å²) in [6.07, 6.45) is 10.00. The number of pyridine rings is 1. The van der Waals surface area contributed by atoms with Crippen LogP contribution in [0, 0.1) is 5.92 Å². The fourth-order valence-corrected chi connectivity index (χ4v) is 4.68. The number of nitrogens with zero attached hydrogens (tertiary/aromatic N) is 3. The number of rotatable bonds is 6. The molecule has 0 N–H and O–H groups in total. The first-order valence-corrected chi connectivity index (χ1v) is 10.9. The van der Waals surface area contributed by atoms with Crippen molar-refractivity contribution in [3.8, 4) is 11.1 Å². The van der Waals surface area contributed by atoms with Gasteiger partial charge in [-0.1, -0.05) is 49.2 Å². The Bertz CT molecular complexity index is 906. The molecule has 1 aliphatic carbocycles. The molecule has 0 bridgehead atoms. The molecule has 5 nitrogen and oxygen atoms in total. The molecule has 2 aromatic rings. The molecule has 1 saturated heterocycles. The lowest BCUT2D eigenvalue weighted by molar-refractivity contribution is -0.153. The highest BCUT2D eigenvalue weighted by molar-refractivity contribution is 5.90. The van der Waals surface area contributed by atoms with Gasteiger partial charge in [-0.15, -0.1) is 6.58 Å². The first-order chi connectivity index (χ1) is 14.7. The number of piperazine rings is 1. The van der Waals surface area contributed by atoms with E-state index in [-0.39, 0.29) is 17.7 Å². The molecular formula is C25H29N3O2. The molecule has 2 aliphatic rings.